The zero-order valence-electron chi connectivity index (χ0n) is 8.79. The number of nitro groups is 1. The van der Waals surface area contributed by atoms with Crippen molar-refractivity contribution in [3.05, 3.63) is 22.2 Å². The molecule has 7 heteroatoms. The van der Waals surface area contributed by atoms with Crippen LogP contribution in [0.4, 0.5) is 11.5 Å². The summed E-state index contributed by atoms with van der Waals surface area (Å²) in [6, 6.07) is 2.90. The number of pyridine rings is 1. The number of anilines is 1. The lowest BCUT2D eigenvalue weighted by molar-refractivity contribution is -0.384. The van der Waals surface area contributed by atoms with E-state index in [9.17, 15) is 10.1 Å². The van der Waals surface area contributed by atoms with E-state index in [1.54, 1.807) is 6.07 Å². The van der Waals surface area contributed by atoms with E-state index in [0.717, 1.165) is 0 Å². The lowest BCUT2D eigenvalue weighted by Crippen LogP contribution is -2.04. The van der Waals surface area contributed by atoms with Gasteiger partial charge in [0.25, 0.3) is 0 Å². The Labute approximate surface area is 97.0 Å². The maximum atomic E-state index is 10.5. The minimum atomic E-state index is -0.562. The van der Waals surface area contributed by atoms with Crippen LogP contribution in [-0.2, 0) is 0 Å². The predicted octanol–water partition coefficient (Wildman–Crippen LogP) is 1.29. The van der Waals surface area contributed by atoms with Crippen LogP contribution in [0.2, 0.25) is 0 Å². The van der Waals surface area contributed by atoms with Gasteiger partial charge in [-0.05, 0) is 12.0 Å². The maximum absolute atomic E-state index is 10.5. The lowest BCUT2D eigenvalue weighted by atomic mass is 10.2. The summed E-state index contributed by atoms with van der Waals surface area (Å²) in [6.45, 7) is 2.01. The minimum Gasteiger partial charge on any atom is -0.396 e. The van der Waals surface area contributed by atoms with Gasteiger partial charge in [-0.25, -0.2) is 4.98 Å². The van der Waals surface area contributed by atoms with E-state index in [2.05, 4.69) is 4.98 Å². The first-order chi connectivity index (χ1) is 7.54. The van der Waals surface area contributed by atoms with Gasteiger partial charge in [0.2, 0.25) is 5.82 Å². The molecule has 1 atom stereocenters. The molecule has 0 amide bonds. The largest absolute Gasteiger partial charge is 0.396 e. The van der Waals surface area contributed by atoms with Gasteiger partial charge in [0, 0.05) is 18.4 Å². The Morgan fingerprint density at radius 1 is 1.69 bits per heavy atom. The average molecular weight is 243 g/mol. The molecule has 1 aromatic heterocycles. The highest BCUT2D eigenvalue weighted by Crippen LogP contribution is 2.25. The van der Waals surface area contributed by atoms with Gasteiger partial charge in [-0.3, -0.25) is 10.1 Å². The fourth-order valence-electron chi connectivity index (χ4n) is 0.964. The summed E-state index contributed by atoms with van der Waals surface area (Å²) in [5.74, 6) is 0.774. The van der Waals surface area contributed by atoms with Crippen molar-refractivity contribution in [1.29, 1.82) is 0 Å². The number of aliphatic hydroxyl groups excluding tert-OH is 1. The molecule has 1 rings (SSSR count). The average Bonchev–Trinajstić information content (AvgIpc) is 2.25. The van der Waals surface area contributed by atoms with E-state index in [4.69, 9.17) is 10.8 Å². The number of aliphatic hydroxyl groups is 1. The number of rotatable bonds is 5. The third kappa shape index (κ3) is 3.35. The molecule has 1 heterocycles. The SMILES string of the molecule is CC(CO)CSc1ccc([N+](=O)[O-])c(N)n1. The predicted molar refractivity (Wildman–Crippen MR) is 62.3 cm³/mol. The Bertz CT molecular complexity index is 386. The van der Waals surface area contributed by atoms with Gasteiger partial charge in [-0.1, -0.05) is 6.92 Å². The summed E-state index contributed by atoms with van der Waals surface area (Å²) in [6.07, 6.45) is 0. The molecule has 0 radical (unpaired) electrons. The molecular formula is C9H13N3O3S. The van der Waals surface area contributed by atoms with Crippen LogP contribution < -0.4 is 5.73 Å². The molecule has 0 bridgehead atoms. The van der Waals surface area contributed by atoms with E-state index in [1.165, 1.54) is 17.8 Å². The van der Waals surface area contributed by atoms with E-state index in [1.807, 2.05) is 6.92 Å². The third-order valence-electron chi connectivity index (χ3n) is 1.90. The van der Waals surface area contributed by atoms with Gasteiger partial charge in [0.15, 0.2) is 0 Å². The second kappa shape index (κ2) is 5.66. The maximum Gasteiger partial charge on any atom is 0.311 e. The highest BCUT2D eigenvalue weighted by atomic mass is 32.2. The number of hydrogen-bond donors (Lipinski definition) is 2. The van der Waals surface area contributed by atoms with Crippen LogP contribution in [0.5, 0.6) is 0 Å². The van der Waals surface area contributed by atoms with E-state index >= 15 is 0 Å². The van der Waals surface area contributed by atoms with Crippen LogP contribution in [0.1, 0.15) is 6.92 Å². The van der Waals surface area contributed by atoms with Crippen molar-refractivity contribution < 1.29 is 10.0 Å². The standard InChI is InChI=1S/C9H13N3O3S/c1-6(4-13)5-16-8-3-2-7(12(14)15)9(10)11-8/h2-3,6,13H,4-5H2,1H3,(H2,10,11). The molecule has 0 aliphatic rings. The molecule has 3 N–H and O–H groups in total. The van der Waals surface area contributed by atoms with Crippen molar-refractivity contribution in [2.24, 2.45) is 5.92 Å². The molecule has 0 aliphatic carbocycles. The summed E-state index contributed by atoms with van der Waals surface area (Å²) in [5.41, 5.74) is 5.26. The van der Waals surface area contributed by atoms with Crippen LogP contribution >= 0.6 is 11.8 Å². The van der Waals surface area contributed by atoms with Crippen molar-refractivity contribution in [2.45, 2.75) is 11.9 Å². The third-order valence-corrected chi connectivity index (χ3v) is 3.16. The summed E-state index contributed by atoms with van der Waals surface area (Å²) >= 11 is 1.41. The number of aromatic nitrogens is 1. The van der Waals surface area contributed by atoms with Crippen molar-refractivity contribution >= 4 is 23.3 Å². The topological polar surface area (TPSA) is 102 Å². The Morgan fingerprint density at radius 2 is 2.38 bits per heavy atom. The molecule has 1 aromatic rings. The van der Waals surface area contributed by atoms with E-state index in [0.29, 0.717) is 10.8 Å². The molecule has 16 heavy (non-hydrogen) atoms. The first kappa shape index (κ1) is 12.7. The van der Waals surface area contributed by atoms with Crippen LogP contribution in [-0.4, -0.2) is 27.4 Å². The van der Waals surface area contributed by atoms with Crippen LogP contribution in [0.25, 0.3) is 0 Å². The molecule has 1 unspecified atom stereocenters. The molecule has 0 aromatic carbocycles. The second-order valence-electron chi connectivity index (χ2n) is 3.41. The fourth-order valence-corrected chi connectivity index (χ4v) is 1.85. The molecule has 6 nitrogen and oxygen atoms in total. The summed E-state index contributed by atoms with van der Waals surface area (Å²) < 4.78 is 0. The molecule has 0 saturated heterocycles. The van der Waals surface area contributed by atoms with Crippen molar-refractivity contribution in [1.82, 2.24) is 4.98 Å². The summed E-state index contributed by atoms with van der Waals surface area (Å²) in [7, 11) is 0. The summed E-state index contributed by atoms with van der Waals surface area (Å²) in [5, 5.41) is 20.0. The number of nitrogens with zero attached hydrogens (tertiary/aromatic N) is 2. The normalized spacial score (nSPS) is 12.4. The van der Waals surface area contributed by atoms with Gasteiger partial charge >= 0.3 is 5.69 Å². The van der Waals surface area contributed by atoms with Gasteiger partial charge in [-0.2, -0.15) is 0 Å². The van der Waals surface area contributed by atoms with Gasteiger partial charge in [0.1, 0.15) is 0 Å². The fraction of sp³-hybridized carbons (Fsp3) is 0.444. The number of nitrogen functional groups attached to an aromatic ring is 1. The molecule has 0 aliphatic heterocycles. The smallest absolute Gasteiger partial charge is 0.311 e. The van der Waals surface area contributed by atoms with Crippen LogP contribution in [0.3, 0.4) is 0 Å². The van der Waals surface area contributed by atoms with Gasteiger partial charge in [-0.15, -0.1) is 11.8 Å². The first-order valence-electron chi connectivity index (χ1n) is 4.69. The lowest BCUT2D eigenvalue weighted by Gasteiger charge is -2.06. The Morgan fingerprint density at radius 3 is 2.88 bits per heavy atom. The summed E-state index contributed by atoms with van der Waals surface area (Å²) in [4.78, 5) is 13.8. The Hall–Kier alpha value is -1.34. The van der Waals surface area contributed by atoms with Gasteiger partial charge in [0.05, 0.1) is 9.95 Å². The number of thioether (sulfide) groups is 1. The van der Waals surface area contributed by atoms with Gasteiger partial charge < -0.3 is 10.8 Å². The zero-order chi connectivity index (χ0) is 12.1. The number of hydrogen-bond acceptors (Lipinski definition) is 6. The van der Waals surface area contributed by atoms with Crippen molar-refractivity contribution in [3.8, 4) is 0 Å². The minimum absolute atomic E-state index is 0.0772. The monoisotopic (exact) mass is 243 g/mol. The molecular weight excluding hydrogens is 230 g/mol. The number of nitrogens with two attached hydrogens (primary N) is 1. The quantitative estimate of drug-likeness (QED) is 0.459. The Kier molecular flexibility index (Phi) is 4.51. The van der Waals surface area contributed by atoms with Crippen LogP contribution in [0, 0.1) is 16.0 Å². The molecule has 0 saturated carbocycles. The highest BCUT2D eigenvalue weighted by Gasteiger charge is 2.13. The molecule has 0 fully saturated rings. The second-order valence-corrected chi connectivity index (χ2v) is 4.45. The van der Waals surface area contributed by atoms with E-state index in [-0.39, 0.29) is 24.0 Å². The first-order valence-corrected chi connectivity index (χ1v) is 5.67. The zero-order valence-corrected chi connectivity index (χ0v) is 9.61. The highest BCUT2D eigenvalue weighted by molar-refractivity contribution is 7.99. The van der Waals surface area contributed by atoms with Crippen molar-refractivity contribution in [2.75, 3.05) is 18.1 Å². The Balaban J connectivity index is 2.70. The van der Waals surface area contributed by atoms with Crippen LogP contribution in [0.15, 0.2) is 17.2 Å². The van der Waals surface area contributed by atoms with Crippen molar-refractivity contribution in [3.63, 3.8) is 0 Å². The molecule has 88 valence electrons. The molecule has 0 spiro atoms. The van der Waals surface area contributed by atoms with E-state index < -0.39 is 4.92 Å².